The second kappa shape index (κ2) is 6.19. The molecule has 0 amide bonds. The van der Waals surface area contributed by atoms with Crippen LogP contribution in [0.1, 0.15) is 45.9 Å². The maximum atomic E-state index is 6.24. The molecule has 1 aromatic rings. The number of methoxy groups -OCH3 is 2. The van der Waals surface area contributed by atoms with Crippen molar-refractivity contribution in [1.29, 1.82) is 0 Å². The summed E-state index contributed by atoms with van der Waals surface area (Å²) in [5, 5.41) is 0. The van der Waals surface area contributed by atoms with E-state index in [4.69, 9.17) is 15.2 Å². The summed E-state index contributed by atoms with van der Waals surface area (Å²) in [7, 11) is 3.11. The van der Waals surface area contributed by atoms with E-state index < -0.39 is 0 Å². The van der Waals surface area contributed by atoms with Crippen molar-refractivity contribution in [3.63, 3.8) is 0 Å². The van der Waals surface area contributed by atoms with Gasteiger partial charge < -0.3 is 15.2 Å². The molecular weight excluding hydrogens is 242 g/mol. The first kappa shape index (κ1) is 15.7. The number of hydrogen-bond donors (Lipinski definition) is 1. The third-order valence-electron chi connectivity index (χ3n) is 3.58. The van der Waals surface area contributed by atoms with E-state index in [0.717, 1.165) is 6.42 Å². The first-order valence-electron chi connectivity index (χ1n) is 6.50. The van der Waals surface area contributed by atoms with Gasteiger partial charge in [-0.25, -0.2) is 4.98 Å². The van der Waals surface area contributed by atoms with Gasteiger partial charge in [-0.3, -0.25) is 0 Å². The van der Waals surface area contributed by atoms with Crippen molar-refractivity contribution in [1.82, 2.24) is 9.97 Å². The number of aromatic nitrogens is 2. The van der Waals surface area contributed by atoms with E-state index in [2.05, 4.69) is 37.7 Å². The Morgan fingerprint density at radius 1 is 1.26 bits per heavy atom. The van der Waals surface area contributed by atoms with Gasteiger partial charge in [0.15, 0.2) is 0 Å². The van der Waals surface area contributed by atoms with Gasteiger partial charge in [0.1, 0.15) is 5.69 Å². The standard InChI is InChI=1S/C14H25N3O2/c1-9(14(2,3)4)7-10(15)12-13(19-6)17-11(18-5)8-16-12/h8-10H,7,15H2,1-6H3. The molecule has 108 valence electrons. The van der Waals surface area contributed by atoms with Crippen LogP contribution in [0, 0.1) is 11.3 Å². The second-order valence-electron chi connectivity index (χ2n) is 5.92. The smallest absolute Gasteiger partial charge is 0.240 e. The molecule has 19 heavy (non-hydrogen) atoms. The molecule has 2 N–H and O–H groups in total. The molecule has 0 aliphatic carbocycles. The second-order valence-corrected chi connectivity index (χ2v) is 5.92. The van der Waals surface area contributed by atoms with Crippen molar-refractivity contribution in [2.45, 2.75) is 40.2 Å². The monoisotopic (exact) mass is 267 g/mol. The van der Waals surface area contributed by atoms with Crippen molar-refractivity contribution in [3.05, 3.63) is 11.9 Å². The predicted molar refractivity (Wildman–Crippen MR) is 75.3 cm³/mol. The number of rotatable bonds is 5. The molecule has 0 saturated carbocycles. The Kier molecular flexibility index (Phi) is 5.11. The molecule has 0 aromatic carbocycles. The van der Waals surface area contributed by atoms with Crippen LogP contribution in [0.15, 0.2) is 6.20 Å². The lowest BCUT2D eigenvalue weighted by Gasteiger charge is -2.29. The highest BCUT2D eigenvalue weighted by Gasteiger charge is 2.25. The lowest BCUT2D eigenvalue weighted by Crippen LogP contribution is -2.24. The van der Waals surface area contributed by atoms with Crippen LogP contribution < -0.4 is 15.2 Å². The summed E-state index contributed by atoms with van der Waals surface area (Å²) >= 11 is 0. The van der Waals surface area contributed by atoms with E-state index >= 15 is 0 Å². The largest absolute Gasteiger partial charge is 0.480 e. The molecule has 0 spiro atoms. The lowest BCUT2D eigenvalue weighted by atomic mass is 9.78. The predicted octanol–water partition coefficient (Wildman–Crippen LogP) is 2.57. The minimum absolute atomic E-state index is 0.192. The molecule has 0 fully saturated rings. The Hall–Kier alpha value is -1.36. The lowest BCUT2D eigenvalue weighted by molar-refractivity contribution is 0.231. The fourth-order valence-electron chi connectivity index (χ4n) is 1.72. The Bertz CT molecular complexity index is 416. The molecule has 0 aliphatic rings. The van der Waals surface area contributed by atoms with Gasteiger partial charge in [-0.05, 0) is 17.8 Å². The topological polar surface area (TPSA) is 70.3 Å². The van der Waals surface area contributed by atoms with E-state index in [0.29, 0.717) is 23.4 Å². The molecule has 0 radical (unpaired) electrons. The third-order valence-corrected chi connectivity index (χ3v) is 3.58. The minimum atomic E-state index is -0.192. The van der Waals surface area contributed by atoms with Crippen LogP contribution in [0.4, 0.5) is 0 Å². The van der Waals surface area contributed by atoms with Crippen molar-refractivity contribution in [3.8, 4) is 11.8 Å². The van der Waals surface area contributed by atoms with Crippen LogP contribution in [0.5, 0.6) is 11.8 Å². The number of ether oxygens (including phenoxy) is 2. The van der Waals surface area contributed by atoms with Crippen LogP contribution in [-0.4, -0.2) is 24.2 Å². The molecule has 0 saturated heterocycles. The molecule has 1 heterocycles. The molecule has 0 aliphatic heterocycles. The molecule has 2 unspecified atom stereocenters. The van der Waals surface area contributed by atoms with E-state index in [1.54, 1.807) is 20.4 Å². The third kappa shape index (κ3) is 4.06. The molecule has 1 rings (SSSR count). The summed E-state index contributed by atoms with van der Waals surface area (Å²) in [5.41, 5.74) is 7.13. The van der Waals surface area contributed by atoms with Crippen molar-refractivity contribution in [2.75, 3.05) is 14.2 Å². The average Bonchev–Trinajstić information content (AvgIpc) is 2.36. The van der Waals surface area contributed by atoms with Crippen LogP contribution in [0.3, 0.4) is 0 Å². The molecule has 0 bridgehead atoms. The number of nitrogens with zero attached hydrogens (tertiary/aromatic N) is 2. The summed E-state index contributed by atoms with van der Waals surface area (Å²) in [5.74, 6) is 1.33. The zero-order valence-electron chi connectivity index (χ0n) is 12.7. The quantitative estimate of drug-likeness (QED) is 0.887. The van der Waals surface area contributed by atoms with E-state index in [1.807, 2.05) is 0 Å². The molecule has 1 aromatic heterocycles. The van der Waals surface area contributed by atoms with Crippen molar-refractivity contribution >= 4 is 0 Å². The van der Waals surface area contributed by atoms with Crippen LogP contribution >= 0.6 is 0 Å². The highest BCUT2D eigenvalue weighted by atomic mass is 16.5. The van der Waals surface area contributed by atoms with Gasteiger partial charge in [-0.1, -0.05) is 27.7 Å². The molecule has 5 nitrogen and oxygen atoms in total. The molecule has 2 atom stereocenters. The summed E-state index contributed by atoms with van der Waals surface area (Å²) in [6.07, 6.45) is 2.40. The first-order valence-corrected chi connectivity index (χ1v) is 6.50. The molecular formula is C14H25N3O2. The zero-order chi connectivity index (χ0) is 14.6. The van der Waals surface area contributed by atoms with Gasteiger partial charge in [0.05, 0.1) is 26.5 Å². The Morgan fingerprint density at radius 2 is 1.89 bits per heavy atom. The Labute approximate surface area is 115 Å². The SMILES string of the molecule is COc1cnc(C(N)CC(C)C(C)(C)C)c(OC)n1. The number of nitrogens with two attached hydrogens (primary N) is 1. The van der Waals surface area contributed by atoms with Gasteiger partial charge in [0.2, 0.25) is 11.8 Å². The van der Waals surface area contributed by atoms with Crippen molar-refractivity contribution < 1.29 is 9.47 Å². The average molecular weight is 267 g/mol. The summed E-state index contributed by atoms with van der Waals surface area (Å²) in [4.78, 5) is 8.53. The maximum absolute atomic E-state index is 6.24. The van der Waals surface area contributed by atoms with Crippen LogP contribution in [0.2, 0.25) is 0 Å². The summed E-state index contributed by atoms with van der Waals surface area (Å²) in [6, 6.07) is -0.192. The van der Waals surface area contributed by atoms with Crippen LogP contribution in [-0.2, 0) is 0 Å². The first-order chi connectivity index (χ1) is 8.79. The number of hydrogen-bond acceptors (Lipinski definition) is 5. The van der Waals surface area contributed by atoms with Crippen LogP contribution in [0.25, 0.3) is 0 Å². The minimum Gasteiger partial charge on any atom is -0.480 e. The van der Waals surface area contributed by atoms with Gasteiger partial charge >= 0.3 is 0 Å². The summed E-state index contributed by atoms with van der Waals surface area (Å²) in [6.45, 7) is 8.83. The fraction of sp³-hybridized carbons (Fsp3) is 0.714. The highest BCUT2D eigenvalue weighted by molar-refractivity contribution is 5.25. The Balaban J connectivity index is 2.90. The Morgan fingerprint density at radius 3 is 2.37 bits per heavy atom. The van der Waals surface area contributed by atoms with Gasteiger partial charge in [0.25, 0.3) is 0 Å². The molecule has 5 heteroatoms. The summed E-state index contributed by atoms with van der Waals surface area (Å²) < 4.78 is 10.3. The van der Waals surface area contributed by atoms with Crippen molar-refractivity contribution in [2.24, 2.45) is 17.1 Å². The fourth-order valence-corrected chi connectivity index (χ4v) is 1.72. The maximum Gasteiger partial charge on any atom is 0.240 e. The highest BCUT2D eigenvalue weighted by Crippen LogP contribution is 2.33. The van der Waals surface area contributed by atoms with Gasteiger partial charge in [0, 0.05) is 0 Å². The van der Waals surface area contributed by atoms with Gasteiger partial charge in [-0.2, -0.15) is 4.98 Å². The van der Waals surface area contributed by atoms with Gasteiger partial charge in [-0.15, -0.1) is 0 Å². The van der Waals surface area contributed by atoms with E-state index in [1.165, 1.54) is 0 Å². The van der Waals surface area contributed by atoms with E-state index in [-0.39, 0.29) is 11.5 Å². The van der Waals surface area contributed by atoms with E-state index in [9.17, 15) is 0 Å². The zero-order valence-corrected chi connectivity index (χ0v) is 12.7. The normalized spacial score (nSPS) is 14.9.